The van der Waals surface area contributed by atoms with E-state index in [0.29, 0.717) is 5.92 Å². The molecule has 3 aromatic rings. The summed E-state index contributed by atoms with van der Waals surface area (Å²) in [6.07, 6.45) is 1.93. The Morgan fingerprint density at radius 2 is 2.15 bits per heavy atom. The monoisotopic (exact) mass is 285 g/mol. The summed E-state index contributed by atoms with van der Waals surface area (Å²) in [5.74, 6) is 1.66. The number of rotatable bonds is 5. The lowest BCUT2D eigenvalue weighted by molar-refractivity contribution is 0.545. The van der Waals surface area contributed by atoms with Crippen LogP contribution in [0.25, 0.3) is 20.7 Å². The van der Waals surface area contributed by atoms with Gasteiger partial charge in [-0.2, -0.15) is 0 Å². The summed E-state index contributed by atoms with van der Waals surface area (Å²) in [7, 11) is 0. The molecule has 0 bridgehead atoms. The Morgan fingerprint density at radius 3 is 2.95 bits per heavy atom. The highest BCUT2D eigenvalue weighted by Gasteiger charge is 2.07. The van der Waals surface area contributed by atoms with Gasteiger partial charge in [-0.1, -0.05) is 32.0 Å². The van der Waals surface area contributed by atoms with Gasteiger partial charge in [-0.15, -0.1) is 11.3 Å². The SMILES string of the molecule is CC(C)CNCc1ncc(-c2cc3ccccc3s2)[nH]1. The van der Waals surface area contributed by atoms with Crippen molar-refractivity contribution in [2.75, 3.05) is 6.54 Å². The van der Waals surface area contributed by atoms with Crippen LogP contribution < -0.4 is 5.32 Å². The molecule has 0 amide bonds. The van der Waals surface area contributed by atoms with E-state index in [2.05, 4.69) is 59.5 Å². The molecule has 2 N–H and O–H groups in total. The Kier molecular flexibility index (Phi) is 3.85. The fourth-order valence-corrected chi connectivity index (χ4v) is 3.20. The molecule has 0 aliphatic rings. The summed E-state index contributed by atoms with van der Waals surface area (Å²) < 4.78 is 1.32. The van der Waals surface area contributed by atoms with Crippen LogP contribution in [0.2, 0.25) is 0 Å². The predicted octanol–water partition coefficient (Wildman–Crippen LogP) is 4.04. The molecule has 2 heterocycles. The van der Waals surface area contributed by atoms with Crippen molar-refractivity contribution in [3.63, 3.8) is 0 Å². The van der Waals surface area contributed by atoms with Crippen molar-refractivity contribution >= 4 is 21.4 Å². The minimum Gasteiger partial charge on any atom is -0.340 e. The number of fused-ring (bicyclic) bond motifs is 1. The summed E-state index contributed by atoms with van der Waals surface area (Å²) in [6, 6.07) is 10.7. The summed E-state index contributed by atoms with van der Waals surface area (Å²) in [6.45, 7) is 6.22. The normalized spacial score (nSPS) is 11.6. The lowest BCUT2D eigenvalue weighted by Crippen LogP contribution is -2.19. The molecule has 104 valence electrons. The maximum Gasteiger partial charge on any atom is 0.120 e. The van der Waals surface area contributed by atoms with Crippen LogP contribution in [0, 0.1) is 5.92 Å². The van der Waals surface area contributed by atoms with Gasteiger partial charge in [0.15, 0.2) is 0 Å². The second-order valence-corrected chi connectivity index (χ2v) is 6.50. The molecule has 0 aliphatic heterocycles. The molecule has 0 radical (unpaired) electrons. The van der Waals surface area contributed by atoms with E-state index in [-0.39, 0.29) is 0 Å². The molecule has 0 atom stereocenters. The Balaban J connectivity index is 1.75. The highest BCUT2D eigenvalue weighted by molar-refractivity contribution is 7.22. The summed E-state index contributed by atoms with van der Waals surface area (Å²) >= 11 is 1.80. The average Bonchev–Trinajstić information content (AvgIpc) is 3.03. The highest BCUT2D eigenvalue weighted by atomic mass is 32.1. The van der Waals surface area contributed by atoms with Crippen LogP contribution in [-0.2, 0) is 6.54 Å². The third-order valence-corrected chi connectivity index (χ3v) is 4.31. The summed E-state index contributed by atoms with van der Waals surface area (Å²) in [5, 5.41) is 4.70. The third-order valence-electron chi connectivity index (χ3n) is 3.16. The van der Waals surface area contributed by atoms with Crippen LogP contribution in [0.3, 0.4) is 0 Å². The van der Waals surface area contributed by atoms with Gasteiger partial charge in [-0.3, -0.25) is 0 Å². The van der Waals surface area contributed by atoms with Crippen LogP contribution >= 0.6 is 11.3 Å². The zero-order chi connectivity index (χ0) is 13.9. The molecule has 0 fully saturated rings. The molecular weight excluding hydrogens is 266 g/mol. The standard InChI is InChI=1S/C16H19N3S/c1-11(2)8-17-10-16-18-9-13(19-16)15-7-12-5-3-4-6-14(12)20-15/h3-7,9,11,17H,8,10H2,1-2H3,(H,18,19). The molecule has 20 heavy (non-hydrogen) atoms. The zero-order valence-corrected chi connectivity index (χ0v) is 12.6. The number of aromatic nitrogens is 2. The van der Waals surface area contributed by atoms with Crippen molar-refractivity contribution in [1.82, 2.24) is 15.3 Å². The van der Waals surface area contributed by atoms with Gasteiger partial charge in [-0.25, -0.2) is 4.98 Å². The average molecular weight is 285 g/mol. The fraction of sp³-hybridized carbons (Fsp3) is 0.312. The lowest BCUT2D eigenvalue weighted by atomic mass is 10.2. The number of nitrogens with one attached hydrogen (secondary N) is 2. The molecule has 0 saturated heterocycles. The van der Waals surface area contributed by atoms with Gasteiger partial charge in [0.2, 0.25) is 0 Å². The second-order valence-electron chi connectivity index (χ2n) is 5.42. The molecule has 0 spiro atoms. The van der Waals surface area contributed by atoms with Gasteiger partial charge in [0, 0.05) is 4.70 Å². The molecule has 4 heteroatoms. The molecule has 0 saturated carbocycles. The van der Waals surface area contributed by atoms with Crippen molar-refractivity contribution in [1.29, 1.82) is 0 Å². The van der Waals surface area contributed by atoms with Crippen molar-refractivity contribution in [2.45, 2.75) is 20.4 Å². The first kappa shape index (κ1) is 13.3. The van der Waals surface area contributed by atoms with Crippen LogP contribution in [-0.4, -0.2) is 16.5 Å². The maximum atomic E-state index is 4.45. The zero-order valence-electron chi connectivity index (χ0n) is 11.8. The molecule has 2 aromatic heterocycles. The molecule has 3 nitrogen and oxygen atoms in total. The van der Waals surface area contributed by atoms with E-state index in [1.54, 1.807) is 11.3 Å². The van der Waals surface area contributed by atoms with Gasteiger partial charge in [0.1, 0.15) is 5.82 Å². The van der Waals surface area contributed by atoms with Crippen molar-refractivity contribution in [3.05, 3.63) is 42.4 Å². The first-order chi connectivity index (χ1) is 9.72. The molecule has 3 rings (SSSR count). The first-order valence-electron chi connectivity index (χ1n) is 6.96. The molecule has 1 aromatic carbocycles. The van der Waals surface area contributed by atoms with E-state index in [1.807, 2.05) is 6.20 Å². The maximum absolute atomic E-state index is 4.45. The lowest BCUT2D eigenvalue weighted by Gasteiger charge is -2.04. The van der Waals surface area contributed by atoms with Crippen LogP contribution in [0.1, 0.15) is 19.7 Å². The summed E-state index contributed by atoms with van der Waals surface area (Å²) in [4.78, 5) is 9.09. The van der Waals surface area contributed by atoms with Crippen molar-refractivity contribution in [3.8, 4) is 10.6 Å². The van der Waals surface area contributed by atoms with Crippen molar-refractivity contribution < 1.29 is 0 Å². The van der Waals surface area contributed by atoms with E-state index in [9.17, 15) is 0 Å². The van der Waals surface area contributed by atoms with Gasteiger partial charge >= 0.3 is 0 Å². The Morgan fingerprint density at radius 1 is 1.30 bits per heavy atom. The van der Waals surface area contributed by atoms with Gasteiger partial charge in [0.25, 0.3) is 0 Å². The van der Waals surface area contributed by atoms with Crippen molar-refractivity contribution in [2.24, 2.45) is 5.92 Å². The molecule has 0 unspecified atom stereocenters. The number of aromatic amines is 1. The smallest absolute Gasteiger partial charge is 0.120 e. The minimum atomic E-state index is 0.659. The van der Waals surface area contributed by atoms with Crippen LogP contribution in [0.5, 0.6) is 0 Å². The van der Waals surface area contributed by atoms with E-state index >= 15 is 0 Å². The Hall–Kier alpha value is -1.65. The molecular formula is C16H19N3S. The number of nitrogens with zero attached hydrogens (tertiary/aromatic N) is 1. The van der Waals surface area contributed by atoms with Crippen LogP contribution in [0.4, 0.5) is 0 Å². The van der Waals surface area contributed by atoms with E-state index in [1.165, 1.54) is 15.0 Å². The number of hydrogen-bond acceptors (Lipinski definition) is 3. The van der Waals surface area contributed by atoms with Gasteiger partial charge in [0.05, 0.1) is 23.3 Å². The van der Waals surface area contributed by atoms with E-state index in [4.69, 9.17) is 0 Å². The number of benzene rings is 1. The number of thiophene rings is 1. The topological polar surface area (TPSA) is 40.7 Å². The highest BCUT2D eigenvalue weighted by Crippen LogP contribution is 2.32. The minimum absolute atomic E-state index is 0.659. The predicted molar refractivity (Wildman–Crippen MR) is 86.0 cm³/mol. The third kappa shape index (κ3) is 2.92. The quantitative estimate of drug-likeness (QED) is 0.743. The number of imidazole rings is 1. The number of hydrogen-bond donors (Lipinski definition) is 2. The van der Waals surface area contributed by atoms with Gasteiger partial charge < -0.3 is 10.3 Å². The molecule has 0 aliphatic carbocycles. The summed E-state index contributed by atoms with van der Waals surface area (Å²) in [5.41, 5.74) is 1.10. The first-order valence-corrected chi connectivity index (χ1v) is 7.77. The fourth-order valence-electron chi connectivity index (χ4n) is 2.17. The van der Waals surface area contributed by atoms with Crippen LogP contribution in [0.15, 0.2) is 36.5 Å². The second kappa shape index (κ2) is 5.77. The van der Waals surface area contributed by atoms with Gasteiger partial charge in [-0.05, 0) is 30.0 Å². The van der Waals surface area contributed by atoms with E-state index in [0.717, 1.165) is 24.6 Å². The Bertz CT molecular complexity index is 663. The number of H-pyrrole nitrogens is 1. The largest absolute Gasteiger partial charge is 0.340 e. The Labute approximate surface area is 123 Å². The van der Waals surface area contributed by atoms with E-state index < -0.39 is 0 Å².